The van der Waals surface area contributed by atoms with Crippen LogP contribution in [0.15, 0.2) is 108 Å². The van der Waals surface area contributed by atoms with Crippen molar-refractivity contribution in [1.29, 1.82) is 0 Å². The zero-order chi connectivity index (χ0) is 29.1. The van der Waals surface area contributed by atoms with Crippen molar-refractivity contribution in [2.24, 2.45) is 0 Å². The number of carbonyl (C=O) groups excluding carboxylic acids is 1. The van der Waals surface area contributed by atoms with Gasteiger partial charge in [0.1, 0.15) is 0 Å². The van der Waals surface area contributed by atoms with Gasteiger partial charge in [0.15, 0.2) is 5.13 Å². The molecule has 4 aromatic carbocycles. The molecule has 0 saturated heterocycles. The normalized spacial score (nSPS) is 13.5. The Morgan fingerprint density at radius 2 is 1.48 bits per heavy atom. The van der Waals surface area contributed by atoms with Gasteiger partial charge in [-0.1, -0.05) is 92.2 Å². The molecule has 1 aromatic heterocycles. The predicted molar refractivity (Wildman–Crippen MR) is 169 cm³/mol. The molecule has 5 aromatic rings. The summed E-state index contributed by atoms with van der Waals surface area (Å²) in [6.45, 7) is 2.91. The number of hydrogen-bond acceptors (Lipinski definition) is 5. The molecule has 42 heavy (non-hydrogen) atoms. The van der Waals surface area contributed by atoms with Crippen LogP contribution in [-0.4, -0.2) is 30.2 Å². The van der Waals surface area contributed by atoms with E-state index in [-0.39, 0.29) is 10.8 Å². The number of nitrogens with zero attached hydrogens (tertiary/aromatic N) is 2. The van der Waals surface area contributed by atoms with E-state index in [9.17, 15) is 13.2 Å². The largest absolute Gasteiger partial charge is 0.298 e. The highest BCUT2D eigenvalue weighted by Crippen LogP contribution is 2.34. The van der Waals surface area contributed by atoms with Gasteiger partial charge in [-0.15, -0.1) is 11.3 Å². The first-order chi connectivity index (χ1) is 20.4. The molecule has 1 N–H and O–H groups in total. The molecule has 2 heterocycles. The molecule has 0 atom stereocenters. The number of aryl methyl sites for hydroxylation is 1. The first-order valence-electron chi connectivity index (χ1n) is 14.1. The third-order valence-corrected chi connectivity index (χ3v) is 10.4. The van der Waals surface area contributed by atoms with Gasteiger partial charge < -0.3 is 0 Å². The Morgan fingerprint density at radius 1 is 0.833 bits per heavy atom. The Balaban J connectivity index is 1.17. The van der Waals surface area contributed by atoms with Crippen LogP contribution in [0, 0.1) is 0 Å². The minimum absolute atomic E-state index is 0.180. The van der Waals surface area contributed by atoms with Crippen LogP contribution in [0.25, 0.3) is 22.4 Å². The number of amides is 1. The summed E-state index contributed by atoms with van der Waals surface area (Å²) in [5.74, 6) is -0.325. The average molecular weight is 594 g/mol. The first kappa shape index (κ1) is 28.0. The zero-order valence-electron chi connectivity index (χ0n) is 23.3. The van der Waals surface area contributed by atoms with E-state index in [0.29, 0.717) is 30.2 Å². The molecule has 0 unspecified atom stereocenters. The SMILES string of the molecule is CCCc1sc(NC(=O)c2ccc(S(=O)(=O)N3CCc4ccccc4C3)cc2)nc1-c1ccc(-c2ccccc2)cc1. The van der Waals surface area contributed by atoms with Gasteiger partial charge >= 0.3 is 0 Å². The van der Waals surface area contributed by atoms with Crippen molar-refractivity contribution in [2.45, 2.75) is 37.6 Å². The van der Waals surface area contributed by atoms with E-state index < -0.39 is 10.0 Å². The van der Waals surface area contributed by atoms with Gasteiger partial charge in [0, 0.05) is 29.1 Å². The van der Waals surface area contributed by atoms with Crippen LogP contribution in [0.2, 0.25) is 0 Å². The predicted octanol–water partition coefficient (Wildman–Crippen LogP) is 7.43. The molecule has 212 valence electrons. The van der Waals surface area contributed by atoms with E-state index in [4.69, 9.17) is 4.98 Å². The van der Waals surface area contributed by atoms with E-state index in [2.05, 4.69) is 48.6 Å². The second-order valence-electron chi connectivity index (χ2n) is 10.3. The molecule has 1 aliphatic rings. The van der Waals surface area contributed by atoms with Crippen LogP contribution < -0.4 is 5.32 Å². The van der Waals surface area contributed by atoms with Crippen LogP contribution in [0.3, 0.4) is 0 Å². The molecule has 8 heteroatoms. The number of aromatic nitrogens is 1. The van der Waals surface area contributed by atoms with E-state index in [0.717, 1.165) is 45.7 Å². The number of sulfonamides is 1. The number of fused-ring (bicyclic) bond motifs is 1. The molecule has 1 aliphatic heterocycles. The minimum Gasteiger partial charge on any atom is -0.298 e. The van der Waals surface area contributed by atoms with Gasteiger partial charge in [0.05, 0.1) is 10.6 Å². The number of benzene rings is 4. The van der Waals surface area contributed by atoms with Crippen molar-refractivity contribution in [3.63, 3.8) is 0 Å². The summed E-state index contributed by atoms with van der Waals surface area (Å²) in [6.07, 6.45) is 2.50. The Kier molecular flexibility index (Phi) is 8.02. The third-order valence-electron chi connectivity index (χ3n) is 7.51. The van der Waals surface area contributed by atoms with Gasteiger partial charge in [-0.25, -0.2) is 13.4 Å². The molecule has 0 bridgehead atoms. The highest BCUT2D eigenvalue weighted by molar-refractivity contribution is 7.89. The van der Waals surface area contributed by atoms with E-state index in [1.165, 1.54) is 33.3 Å². The fourth-order valence-electron chi connectivity index (χ4n) is 5.25. The average Bonchev–Trinajstić information content (AvgIpc) is 3.43. The highest BCUT2D eigenvalue weighted by atomic mass is 32.2. The minimum atomic E-state index is -3.67. The maximum atomic E-state index is 13.3. The van der Waals surface area contributed by atoms with Gasteiger partial charge in [-0.3, -0.25) is 10.1 Å². The van der Waals surface area contributed by atoms with Crippen molar-refractivity contribution in [2.75, 3.05) is 11.9 Å². The van der Waals surface area contributed by atoms with Crippen molar-refractivity contribution >= 4 is 32.4 Å². The van der Waals surface area contributed by atoms with Crippen molar-refractivity contribution in [3.05, 3.63) is 125 Å². The summed E-state index contributed by atoms with van der Waals surface area (Å²) in [5, 5.41) is 3.45. The lowest BCUT2D eigenvalue weighted by Gasteiger charge is -2.28. The molecule has 0 radical (unpaired) electrons. The van der Waals surface area contributed by atoms with Gasteiger partial charge in [0.2, 0.25) is 10.0 Å². The molecule has 0 saturated carbocycles. The smallest absolute Gasteiger partial charge is 0.257 e. The molecule has 0 spiro atoms. The summed E-state index contributed by atoms with van der Waals surface area (Å²) in [6, 6.07) is 32.6. The van der Waals surface area contributed by atoms with Crippen LogP contribution in [0.1, 0.15) is 39.7 Å². The van der Waals surface area contributed by atoms with Crippen molar-refractivity contribution < 1.29 is 13.2 Å². The molecule has 6 rings (SSSR count). The van der Waals surface area contributed by atoms with Crippen molar-refractivity contribution in [1.82, 2.24) is 9.29 Å². The van der Waals surface area contributed by atoms with Gasteiger partial charge in [-0.05, 0) is 59.4 Å². The van der Waals surface area contributed by atoms with E-state index in [1.54, 1.807) is 12.1 Å². The lowest BCUT2D eigenvalue weighted by molar-refractivity contribution is 0.102. The van der Waals surface area contributed by atoms with Crippen LogP contribution in [-0.2, 0) is 29.4 Å². The summed E-state index contributed by atoms with van der Waals surface area (Å²) < 4.78 is 28.2. The third kappa shape index (κ3) is 5.79. The summed E-state index contributed by atoms with van der Waals surface area (Å²) >= 11 is 1.48. The van der Waals surface area contributed by atoms with Crippen molar-refractivity contribution in [3.8, 4) is 22.4 Å². The van der Waals surface area contributed by atoms with E-state index in [1.807, 2.05) is 42.5 Å². The summed E-state index contributed by atoms with van der Waals surface area (Å²) in [5.41, 5.74) is 6.76. The number of anilines is 1. The molecule has 1 amide bonds. The maximum Gasteiger partial charge on any atom is 0.257 e. The number of nitrogens with one attached hydrogen (secondary N) is 1. The first-order valence-corrected chi connectivity index (χ1v) is 16.3. The number of thiazole rings is 1. The highest BCUT2D eigenvalue weighted by Gasteiger charge is 2.28. The Bertz CT molecular complexity index is 1810. The quantitative estimate of drug-likeness (QED) is 0.203. The fourth-order valence-corrected chi connectivity index (χ4v) is 7.75. The summed E-state index contributed by atoms with van der Waals surface area (Å²) in [4.78, 5) is 19.2. The fraction of sp³-hybridized carbons (Fsp3) is 0.176. The lowest BCUT2D eigenvalue weighted by Crippen LogP contribution is -2.35. The lowest BCUT2D eigenvalue weighted by atomic mass is 10.0. The Hall–Kier alpha value is -4.11. The van der Waals surface area contributed by atoms with Gasteiger partial charge in [0.25, 0.3) is 5.91 Å². The molecular weight excluding hydrogens is 563 g/mol. The second kappa shape index (κ2) is 12.0. The number of rotatable bonds is 8. The van der Waals surface area contributed by atoms with Gasteiger partial charge in [-0.2, -0.15) is 4.31 Å². The number of hydrogen-bond donors (Lipinski definition) is 1. The second-order valence-corrected chi connectivity index (χ2v) is 13.3. The molecule has 0 fully saturated rings. The topological polar surface area (TPSA) is 79.4 Å². The van der Waals surface area contributed by atoms with Crippen LogP contribution in [0.5, 0.6) is 0 Å². The molecular formula is C34H31N3O3S2. The molecule has 0 aliphatic carbocycles. The van der Waals surface area contributed by atoms with E-state index >= 15 is 0 Å². The Labute approximate surface area is 250 Å². The summed E-state index contributed by atoms with van der Waals surface area (Å²) in [7, 11) is -3.67. The number of carbonyl (C=O) groups is 1. The Morgan fingerprint density at radius 3 is 2.19 bits per heavy atom. The zero-order valence-corrected chi connectivity index (χ0v) is 24.9. The standard InChI is InChI=1S/C34H31N3O3S2/c1-2-8-31-32(27-15-13-26(14-16-27)24-9-4-3-5-10-24)35-34(41-31)36-33(38)28-17-19-30(20-18-28)42(39,40)37-22-21-25-11-6-7-12-29(25)23-37/h3-7,9-20H,2,8,21-23H2,1H3,(H,35,36,38). The monoisotopic (exact) mass is 593 g/mol. The maximum absolute atomic E-state index is 13.3. The molecule has 6 nitrogen and oxygen atoms in total. The van der Waals surface area contributed by atoms with Crippen LogP contribution >= 0.6 is 11.3 Å². The van der Waals surface area contributed by atoms with Crippen LogP contribution in [0.4, 0.5) is 5.13 Å².